The maximum absolute atomic E-state index is 12.9. The number of halogens is 6. The van der Waals surface area contributed by atoms with Gasteiger partial charge in [-0.05, 0) is 4.83 Å². The summed E-state index contributed by atoms with van der Waals surface area (Å²) in [4.78, 5) is 2.11. The molecule has 0 radical (unpaired) electrons. The fraction of sp³-hybridized carbons (Fsp3) is 0.111. The second-order valence-corrected chi connectivity index (χ2v) is 2.89. The van der Waals surface area contributed by atoms with E-state index < -0.39 is 41.1 Å². The maximum atomic E-state index is 12.9. The van der Waals surface area contributed by atoms with Gasteiger partial charge in [-0.2, -0.15) is 0 Å². The number of rotatable bonds is 1. The summed E-state index contributed by atoms with van der Waals surface area (Å²) in [7, 11) is 0. The Morgan fingerprint density at radius 2 is 1.20 bits per heavy atom. The van der Waals surface area contributed by atoms with Gasteiger partial charge in [-0.1, -0.05) is 5.92 Å². The van der Waals surface area contributed by atoms with Gasteiger partial charge in [-0.25, -0.2) is 22.0 Å². The minimum Gasteiger partial charge on any atom is -0.203 e. The van der Waals surface area contributed by atoms with Crippen LogP contribution in [0.3, 0.4) is 0 Å². The van der Waals surface area contributed by atoms with Gasteiger partial charge in [0.2, 0.25) is 5.82 Å². The Balaban J connectivity index is 3.42. The van der Waals surface area contributed by atoms with Gasteiger partial charge in [0.05, 0.1) is 0 Å². The van der Waals surface area contributed by atoms with E-state index in [0.717, 1.165) is 0 Å². The summed E-state index contributed by atoms with van der Waals surface area (Å²) >= 11 is 2.64. The molecule has 0 saturated carbocycles. The summed E-state index contributed by atoms with van der Waals surface area (Å²) in [6.45, 7) is 0. The van der Waals surface area contributed by atoms with Crippen molar-refractivity contribution < 1.29 is 22.0 Å². The molecule has 0 heterocycles. The summed E-state index contributed by atoms with van der Waals surface area (Å²) in [6, 6.07) is 0. The molecule has 0 amide bonds. The van der Waals surface area contributed by atoms with Crippen molar-refractivity contribution in [3.8, 4) is 10.8 Å². The fourth-order valence-electron chi connectivity index (χ4n) is 0.927. The lowest BCUT2D eigenvalue weighted by molar-refractivity contribution is 0.372. The Labute approximate surface area is 90.2 Å². The van der Waals surface area contributed by atoms with Gasteiger partial charge in [0.15, 0.2) is 23.3 Å². The molecule has 80 valence electrons. The molecular weight excluding hydrogens is 283 g/mol. The van der Waals surface area contributed by atoms with Crippen molar-refractivity contribution >= 4 is 15.9 Å². The molecule has 0 spiro atoms. The Hall–Kier alpha value is -1.09. The Morgan fingerprint density at radius 1 is 0.800 bits per heavy atom. The molecule has 0 saturated heterocycles. The van der Waals surface area contributed by atoms with Crippen molar-refractivity contribution in [3.05, 3.63) is 34.6 Å². The van der Waals surface area contributed by atoms with Crippen LogP contribution in [0.4, 0.5) is 22.0 Å². The van der Waals surface area contributed by atoms with Crippen molar-refractivity contribution in [3.63, 3.8) is 0 Å². The van der Waals surface area contributed by atoms with Crippen molar-refractivity contribution in [1.29, 1.82) is 0 Å². The van der Waals surface area contributed by atoms with E-state index in [0.29, 0.717) is 0 Å². The van der Waals surface area contributed by atoms with E-state index in [1.165, 1.54) is 0 Å². The van der Waals surface area contributed by atoms with E-state index in [2.05, 4.69) is 26.7 Å². The van der Waals surface area contributed by atoms with Crippen LogP contribution in [0.25, 0.3) is 0 Å². The zero-order valence-corrected chi connectivity index (χ0v) is 8.56. The van der Waals surface area contributed by atoms with Crippen molar-refractivity contribution in [2.24, 2.45) is 0 Å². The van der Waals surface area contributed by atoms with E-state index in [4.69, 9.17) is 0 Å². The van der Waals surface area contributed by atoms with E-state index >= 15 is 0 Å². The minimum absolute atomic E-state index is 0.558. The van der Waals surface area contributed by atoms with Crippen LogP contribution in [0.2, 0.25) is 0 Å². The quantitative estimate of drug-likeness (QED) is 0.321. The molecule has 0 nitrogen and oxygen atoms in total. The Kier molecular flexibility index (Phi) is 3.69. The first kappa shape index (κ1) is 12.0. The van der Waals surface area contributed by atoms with Crippen LogP contribution in [0.5, 0.6) is 0 Å². The lowest BCUT2D eigenvalue weighted by atomic mass is 10.1. The highest BCUT2D eigenvalue weighted by atomic mass is 79.9. The average Bonchev–Trinajstić information content (AvgIpc) is 2.24. The van der Waals surface area contributed by atoms with Crippen LogP contribution in [0.15, 0.2) is 0 Å². The highest BCUT2D eigenvalue weighted by Gasteiger charge is 2.24. The molecule has 1 rings (SSSR count). The Morgan fingerprint density at radius 3 is 1.60 bits per heavy atom. The zero-order chi connectivity index (χ0) is 11.6. The summed E-state index contributed by atoms with van der Waals surface area (Å²) in [5.74, 6) is -7.62. The SMILES string of the molecule is Fc1c(F)c(F)c(CC#CBr)c(F)c1F. The molecule has 6 heteroatoms. The van der Waals surface area contributed by atoms with Crippen LogP contribution < -0.4 is 0 Å². The fourth-order valence-corrected chi connectivity index (χ4v) is 1.07. The molecule has 1 aromatic carbocycles. The van der Waals surface area contributed by atoms with Gasteiger partial charge >= 0.3 is 0 Å². The van der Waals surface area contributed by atoms with Crippen molar-refractivity contribution in [1.82, 2.24) is 0 Å². The molecule has 15 heavy (non-hydrogen) atoms. The third kappa shape index (κ3) is 2.12. The maximum Gasteiger partial charge on any atom is 0.200 e. The summed E-state index contributed by atoms with van der Waals surface area (Å²) in [5, 5.41) is 0. The second-order valence-electron chi connectivity index (χ2n) is 2.50. The van der Waals surface area contributed by atoms with Crippen LogP contribution in [0, 0.1) is 39.8 Å². The molecule has 0 unspecified atom stereocenters. The molecule has 0 fully saturated rings. The van der Waals surface area contributed by atoms with E-state index in [1.54, 1.807) is 0 Å². The lowest BCUT2D eigenvalue weighted by Gasteiger charge is -2.04. The van der Waals surface area contributed by atoms with Gasteiger partial charge in [0.1, 0.15) is 0 Å². The molecule has 0 aliphatic rings. The van der Waals surface area contributed by atoms with Gasteiger partial charge in [0.25, 0.3) is 0 Å². The third-order valence-electron chi connectivity index (χ3n) is 1.63. The number of hydrogen-bond donors (Lipinski definition) is 0. The van der Waals surface area contributed by atoms with Crippen LogP contribution in [-0.4, -0.2) is 0 Å². The largest absolute Gasteiger partial charge is 0.203 e. The molecular formula is C9H2BrF5. The lowest BCUT2D eigenvalue weighted by Crippen LogP contribution is -2.06. The second kappa shape index (κ2) is 4.62. The van der Waals surface area contributed by atoms with Gasteiger partial charge in [-0.3, -0.25) is 0 Å². The van der Waals surface area contributed by atoms with Gasteiger partial charge in [0, 0.05) is 27.9 Å². The zero-order valence-electron chi connectivity index (χ0n) is 6.97. The first-order chi connectivity index (χ1) is 7.00. The predicted molar refractivity (Wildman–Crippen MR) is 46.6 cm³/mol. The monoisotopic (exact) mass is 284 g/mol. The first-order valence-corrected chi connectivity index (χ1v) is 4.38. The number of hydrogen-bond acceptors (Lipinski definition) is 0. The van der Waals surface area contributed by atoms with E-state index in [9.17, 15) is 22.0 Å². The van der Waals surface area contributed by atoms with Crippen molar-refractivity contribution in [2.75, 3.05) is 0 Å². The average molecular weight is 285 g/mol. The first-order valence-electron chi connectivity index (χ1n) is 3.59. The van der Waals surface area contributed by atoms with Crippen LogP contribution in [0.1, 0.15) is 5.56 Å². The highest BCUT2D eigenvalue weighted by molar-refractivity contribution is 9.12. The molecule has 0 atom stereocenters. The summed E-state index contributed by atoms with van der Waals surface area (Å²) in [5.41, 5.74) is -0.932. The topological polar surface area (TPSA) is 0 Å². The van der Waals surface area contributed by atoms with Gasteiger partial charge in [-0.15, -0.1) is 0 Å². The smallest absolute Gasteiger partial charge is 0.200 e. The highest BCUT2D eigenvalue weighted by Crippen LogP contribution is 2.23. The summed E-state index contributed by atoms with van der Waals surface area (Å²) in [6.07, 6.45) is -0.558. The van der Waals surface area contributed by atoms with Gasteiger partial charge < -0.3 is 0 Å². The number of benzene rings is 1. The minimum atomic E-state index is -2.17. The third-order valence-corrected chi connectivity index (χ3v) is 1.91. The Bertz CT molecular complexity index is 429. The van der Waals surface area contributed by atoms with Crippen molar-refractivity contribution in [2.45, 2.75) is 6.42 Å². The molecule has 0 aromatic heterocycles. The molecule has 1 aromatic rings. The predicted octanol–water partition coefficient (Wildman–Crippen LogP) is 3.28. The molecule has 0 N–H and O–H groups in total. The van der Waals surface area contributed by atoms with Crippen LogP contribution >= 0.6 is 15.9 Å². The normalized spacial score (nSPS) is 9.73. The van der Waals surface area contributed by atoms with Crippen LogP contribution in [-0.2, 0) is 6.42 Å². The van der Waals surface area contributed by atoms with E-state index in [-0.39, 0.29) is 0 Å². The van der Waals surface area contributed by atoms with E-state index in [1.807, 2.05) is 0 Å². The molecule has 0 aliphatic heterocycles. The molecule has 0 aliphatic carbocycles. The standard InChI is InChI=1S/C9H2BrF5/c10-3-1-2-4-5(11)7(13)9(15)8(14)6(4)12/h2H2. The summed E-state index contributed by atoms with van der Waals surface area (Å²) < 4.78 is 63.6. The molecule has 0 bridgehead atoms.